The van der Waals surface area contributed by atoms with Gasteiger partial charge in [0.05, 0.1) is 0 Å². The first-order chi connectivity index (χ1) is 17.9. The Hall–Kier alpha value is -2.68. The number of halogens is 1. The molecule has 1 atom stereocenters. The van der Waals surface area contributed by atoms with Crippen molar-refractivity contribution in [3.05, 3.63) is 29.1 Å². The van der Waals surface area contributed by atoms with E-state index in [1.165, 1.54) is 12.1 Å². The van der Waals surface area contributed by atoms with Gasteiger partial charge in [-0.25, -0.2) is 9.18 Å². The molecule has 0 spiro atoms. The molecule has 3 fully saturated rings. The molecule has 38 heavy (non-hydrogen) atoms. The van der Waals surface area contributed by atoms with Crippen LogP contribution in [0.3, 0.4) is 0 Å². The Morgan fingerprint density at radius 1 is 1.08 bits per heavy atom. The quantitative estimate of drug-likeness (QED) is 0.561. The van der Waals surface area contributed by atoms with Gasteiger partial charge in [0.15, 0.2) is 0 Å². The number of carbonyl (C=O) groups excluding carboxylic acids is 3. The van der Waals surface area contributed by atoms with Crippen LogP contribution in [0.25, 0.3) is 0 Å². The standard InChI is InChI=1S/C29H43FN4O4/c1-18-16-33(10-11-34(18)27(36)20-8-6-7-9-20)17-22-12-23(30)15-25(19(22)2)32-26(35)21-13-24(14-21)31-28(37)38-29(3,4)5/h12,15,18,20-21,24H,6-11,13-14,16-17H2,1-5H3,(H,31,37)(H,32,35)/t18-,21-,24-/m0/s1. The highest BCUT2D eigenvalue weighted by Gasteiger charge is 2.37. The van der Waals surface area contributed by atoms with E-state index >= 15 is 0 Å². The predicted molar refractivity (Wildman–Crippen MR) is 144 cm³/mol. The fraction of sp³-hybridized carbons (Fsp3) is 0.690. The van der Waals surface area contributed by atoms with Crippen LogP contribution in [-0.2, 0) is 20.9 Å². The molecule has 2 saturated carbocycles. The average Bonchev–Trinajstić information content (AvgIpc) is 3.32. The van der Waals surface area contributed by atoms with Gasteiger partial charge in [-0.3, -0.25) is 14.5 Å². The lowest BCUT2D eigenvalue weighted by atomic mass is 9.79. The molecule has 8 nitrogen and oxygen atoms in total. The van der Waals surface area contributed by atoms with Crippen molar-refractivity contribution in [1.29, 1.82) is 0 Å². The van der Waals surface area contributed by atoms with Gasteiger partial charge in [-0.1, -0.05) is 12.8 Å². The van der Waals surface area contributed by atoms with Gasteiger partial charge in [-0.05, 0) is 83.6 Å². The van der Waals surface area contributed by atoms with E-state index in [4.69, 9.17) is 4.74 Å². The summed E-state index contributed by atoms with van der Waals surface area (Å²) in [6.07, 6.45) is 4.86. The number of ether oxygens (including phenoxy) is 1. The molecule has 3 amide bonds. The van der Waals surface area contributed by atoms with Crippen LogP contribution < -0.4 is 10.6 Å². The zero-order valence-corrected chi connectivity index (χ0v) is 23.4. The Bertz CT molecular complexity index is 1040. The van der Waals surface area contributed by atoms with Gasteiger partial charge in [0, 0.05) is 55.8 Å². The van der Waals surface area contributed by atoms with Crippen LogP contribution >= 0.6 is 0 Å². The normalized spacial score (nSPS) is 24.6. The van der Waals surface area contributed by atoms with E-state index in [0.717, 1.165) is 49.9 Å². The Balaban J connectivity index is 1.30. The van der Waals surface area contributed by atoms with E-state index in [-0.39, 0.29) is 35.6 Å². The molecule has 0 unspecified atom stereocenters. The number of alkyl carbamates (subject to hydrolysis) is 1. The minimum atomic E-state index is -0.574. The van der Waals surface area contributed by atoms with Gasteiger partial charge in [0.2, 0.25) is 11.8 Å². The number of benzene rings is 1. The molecule has 9 heteroatoms. The smallest absolute Gasteiger partial charge is 0.407 e. The maximum atomic E-state index is 14.6. The fourth-order valence-electron chi connectivity index (χ4n) is 5.84. The number of carbonyl (C=O) groups is 3. The van der Waals surface area contributed by atoms with E-state index < -0.39 is 11.7 Å². The third kappa shape index (κ3) is 7.04. The Morgan fingerprint density at radius 2 is 1.76 bits per heavy atom. The van der Waals surface area contributed by atoms with Crippen molar-refractivity contribution in [3.63, 3.8) is 0 Å². The van der Waals surface area contributed by atoms with E-state index in [0.29, 0.717) is 37.5 Å². The minimum absolute atomic E-state index is 0.106. The molecule has 0 radical (unpaired) electrons. The summed E-state index contributed by atoms with van der Waals surface area (Å²) in [6, 6.07) is 2.92. The summed E-state index contributed by atoms with van der Waals surface area (Å²) < 4.78 is 19.9. The van der Waals surface area contributed by atoms with Gasteiger partial charge in [0.25, 0.3) is 0 Å². The summed E-state index contributed by atoms with van der Waals surface area (Å²) in [5.74, 6) is -0.324. The molecular weight excluding hydrogens is 487 g/mol. The lowest BCUT2D eigenvalue weighted by molar-refractivity contribution is -0.140. The molecule has 2 N–H and O–H groups in total. The summed E-state index contributed by atoms with van der Waals surface area (Å²) in [7, 11) is 0. The summed E-state index contributed by atoms with van der Waals surface area (Å²) in [5, 5.41) is 5.71. The number of piperazine rings is 1. The summed E-state index contributed by atoms with van der Waals surface area (Å²) in [4.78, 5) is 42.0. The van der Waals surface area contributed by atoms with Crippen molar-refractivity contribution in [2.24, 2.45) is 11.8 Å². The zero-order valence-electron chi connectivity index (χ0n) is 23.4. The average molecular weight is 531 g/mol. The molecule has 4 rings (SSSR count). The number of amides is 3. The Labute approximate surface area is 225 Å². The highest BCUT2D eigenvalue weighted by molar-refractivity contribution is 5.94. The van der Waals surface area contributed by atoms with Crippen molar-refractivity contribution in [2.75, 3.05) is 25.0 Å². The molecular formula is C29H43FN4O4. The summed E-state index contributed by atoms with van der Waals surface area (Å²) >= 11 is 0. The van der Waals surface area contributed by atoms with Gasteiger partial charge < -0.3 is 20.3 Å². The predicted octanol–water partition coefficient (Wildman–Crippen LogP) is 4.60. The molecule has 3 aliphatic rings. The maximum Gasteiger partial charge on any atom is 0.407 e. The van der Waals surface area contributed by atoms with Gasteiger partial charge >= 0.3 is 6.09 Å². The van der Waals surface area contributed by atoms with E-state index in [2.05, 4.69) is 22.5 Å². The fourth-order valence-corrected chi connectivity index (χ4v) is 5.84. The molecule has 2 aliphatic carbocycles. The van der Waals surface area contributed by atoms with Crippen LogP contribution in [0.2, 0.25) is 0 Å². The number of hydrogen-bond donors (Lipinski definition) is 2. The topological polar surface area (TPSA) is 91.0 Å². The summed E-state index contributed by atoms with van der Waals surface area (Å²) in [5.41, 5.74) is 1.59. The molecule has 1 aromatic rings. The second kappa shape index (κ2) is 11.6. The Kier molecular flexibility index (Phi) is 8.65. The third-order valence-electron chi connectivity index (χ3n) is 8.06. The van der Waals surface area contributed by atoms with Crippen LogP contribution in [0.5, 0.6) is 0 Å². The van der Waals surface area contributed by atoms with Gasteiger partial charge in [-0.2, -0.15) is 0 Å². The molecule has 0 bridgehead atoms. The maximum absolute atomic E-state index is 14.6. The highest BCUT2D eigenvalue weighted by atomic mass is 19.1. The minimum Gasteiger partial charge on any atom is -0.444 e. The number of rotatable bonds is 6. The van der Waals surface area contributed by atoms with Crippen LogP contribution in [0.15, 0.2) is 12.1 Å². The second-order valence-corrected chi connectivity index (χ2v) is 12.3. The SMILES string of the molecule is Cc1c(CN2CCN(C(=O)C3CCCC3)[C@@H](C)C2)cc(F)cc1NC(=O)[C@H]1C[C@H](NC(=O)OC(C)(C)C)C1. The number of nitrogens with zero attached hydrogens (tertiary/aromatic N) is 2. The van der Waals surface area contributed by atoms with E-state index in [1.807, 2.05) is 11.8 Å². The molecule has 1 aromatic carbocycles. The first-order valence-electron chi connectivity index (χ1n) is 14.0. The molecule has 1 aliphatic heterocycles. The van der Waals surface area contributed by atoms with Crippen molar-refractivity contribution < 1.29 is 23.5 Å². The van der Waals surface area contributed by atoms with Crippen molar-refractivity contribution >= 4 is 23.6 Å². The number of anilines is 1. The largest absolute Gasteiger partial charge is 0.444 e. The first kappa shape index (κ1) is 28.3. The van der Waals surface area contributed by atoms with Gasteiger partial charge in [0.1, 0.15) is 11.4 Å². The van der Waals surface area contributed by atoms with Crippen LogP contribution in [0, 0.1) is 24.6 Å². The molecule has 210 valence electrons. The lowest BCUT2D eigenvalue weighted by Crippen LogP contribution is -2.54. The van der Waals surface area contributed by atoms with Crippen molar-refractivity contribution in [2.45, 2.75) is 97.4 Å². The van der Waals surface area contributed by atoms with Crippen molar-refractivity contribution in [3.8, 4) is 0 Å². The number of hydrogen-bond acceptors (Lipinski definition) is 5. The summed E-state index contributed by atoms with van der Waals surface area (Å²) in [6.45, 7) is 12.1. The molecule has 1 saturated heterocycles. The van der Waals surface area contributed by atoms with Crippen molar-refractivity contribution in [1.82, 2.24) is 15.1 Å². The molecule has 1 heterocycles. The third-order valence-corrected chi connectivity index (χ3v) is 8.06. The lowest BCUT2D eigenvalue weighted by Gasteiger charge is -2.41. The van der Waals surface area contributed by atoms with E-state index in [1.54, 1.807) is 20.8 Å². The van der Waals surface area contributed by atoms with Gasteiger partial charge in [-0.15, -0.1) is 0 Å². The highest BCUT2D eigenvalue weighted by Crippen LogP contribution is 2.31. The number of nitrogens with one attached hydrogen (secondary N) is 2. The monoisotopic (exact) mass is 530 g/mol. The molecule has 0 aromatic heterocycles. The van der Waals surface area contributed by atoms with Crippen LogP contribution in [-0.4, -0.2) is 65.0 Å². The first-order valence-corrected chi connectivity index (χ1v) is 14.0. The Morgan fingerprint density at radius 3 is 2.39 bits per heavy atom. The van der Waals surface area contributed by atoms with E-state index in [9.17, 15) is 18.8 Å². The van der Waals surface area contributed by atoms with Crippen LogP contribution in [0.1, 0.15) is 77.3 Å². The van der Waals surface area contributed by atoms with Crippen LogP contribution in [0.4, 0.5) is 14.9 Å². The second-order valence-electron chi connectivity index (χ2n) is 12.3. The zero-order chi connectivity index (χ0) is 27.6.